The van der Waals surface area contributed by atoms with Crippen molar-refractivity contribution in [3.05, 3.63) is 81.3 Å². The van der Waals surface area contributed by atoms with Gasteiger partial charge >= 0.3 is 0 Å². The van der Waals surface area contributed by atoms with Crippen LogP contribution in [0.1, 0.15) is 16.7 Å². The van der Waals surface area contributed by atoms with E-state index in [4.69, 9.17) is 14.2 Å². The predicted octanol–water partition coefficient (Wildman–Crippen LogP) is 5.65. The molecule has 2 N–H and O–H groups in total. The summed E-state index contributed by atoms with van der Waals surface area (Å²) < 4.78 is 16.8. The normalized spacial score (nSPS) is 10.8. The van der Waals surface area contributed by atoms with Gasteiger partial charge in [0.05, 0.1) is 18.7 Å². The molecule has 0 unspecified atom stereocenters. The molecule has 0 fully saturated rings. The summed E-state index contributed by atoms with van der Waals surface area (Å²) in [6.45, 7) is 3.66. The number of aryl methyl sites for hydroxylation is 1. The van der Waals surface area contributed by atoms with Crippen LogP contribution < -0.4 is 24.8 Å². The van der Waals surface area contributed by atoms with Crippen LogP contribution in [0.25, 0.3) is 6.08 Å². The van der Waals surface area contributed by atoms with E-state index in [1.165, 1.54) is 13.2 Å². The molecule has 0 aliphatic heterocycles. The van der Waals surface area contributed by atoms with Crippen LogP contribution in [0.15, 0.2) is 64.6 Å². The number of methoxy groups -OCH3 is 2. The Balaban J connectivity index is 1.73. The minimum Gasteiger partial charge on any atom is -0.497 e. The number of carbonyl (C=O) groups excluding carboxylic acids is 2. The first-order valence-electron chi connectivity index (χ1n) is 11.2. The first kappa shape index (κ1) is 27.3. The molecule has 190 valence electrons. The molecule has 2 amide bonds. The van der Waals surface area contributed by atoms with Gasteiger partial charge in [-0.05, 0) is 95.0 Å². The molecular formula is C28H26BrN3O5. The zero-order chi connectivity index (χ0) is 26.9. The number of anilines is 2. The molecule has 0 bridgehead atoms. The maximum Gasteiger partial charge on any atom is 0.266 e. The molecule has 0 aliphatic carbocycles. The average molecular weight is 564 g/mol. The van der Waals surface area contributed by atoms with E-state index in [1.54, 1.807) is 43.5 Å². The molecule has 0 atom stereocenters. The van der Waals surface area contributed by atoms with Crippen LogP contribution in [0.2, 0.25) is 0 Å². The lowest BCUT2D eigenvalue weighted by Crippen LogP contribution is -2.21. The third kappa shape index (κ3) is 7.12. The quantitative estimate of drug-likeness (QED) is 0.257. The van der Waals surface area contributed by atoms with E-state index in [2.05, 4.69) is 26.6 Å². The summed E-state index contributed by atoms with van der Waals surface area (Å²) in [5, 5.41) is 15.1. The van der Waals surface area contributed by atoms with Crippen molar-refractivity contribution in [2.45, 2.75) is 13.8 Å². The van der Waals surface area contributed by atoms with Gasteiger partial charge in [-0.25, -0.2) is 0 Å². The fourth-order valence-corrected chi connectivity index (χ4v) is 3.94. The van der Waals surface area contributed by atoms with Crippen molar-refractivity contribution in [3.63, 3.8) is 0 Å². The Morgan fingerprint density at radius 1 is 1.03 bits per heavy atom. The second-order valence-corrected chi connectivity index (χ2v) is 8.83. The van der Waals surface area contributed by atoms with Gasteiger partial charge in [-0.1, -0.05) is 12.1 Å². The zero-order valence-corrected chi connectivity index (χ0v) is 22.4. The molecule has 0 aliphatic rings. The molecule has 0 radical (unpaired) electrons. The van der Waals surface area contributed by atoms with Crippen molar-refractivity contribution in [1.82, 2.24) is 0 Å². The fraction of sp³-hybridized carbons (Fsp3) is 0.179. The Morgan fingerprint density at radius 2 is 1.76 bits per heavy atom. The number of nitrogens with one attached hydrogen (secondary N) is 2. The first-order chi connectivity index (χ1) is 17.7. The van der Waals surface area contributed by atoms with Crippen molar-refractivity contribution >= 4 is 45.2 Å². The molecular weight excluding hydrogens is 538 g/mol. The molecule has 0 heterocycles. The van der Waals surface area contributed by atoms with Gasteiger partial charge in [-0.15, -0.1) is 0 Å². The molecule has 0 aromatic heterocycles. The minimum absolute atomic E-state index is 0.105. The van der Waals surface area contributed by atoms with Gasteiger partial charge in [0.25, 0.3) is 11.8 Å². The maximum absolute atomic E-state index is 12.6. The van der Waals surface area contributed by atoms with Crippen molar-refractivity contribution < 1.29 is 23.8 Å². The molecule has 3 aromatic rings. The topological polar surface area (TPSA) is 110 Å². The Bertz CT molecular complexity index is 1380. The summed E-state index contributed by atoms with van der Waals surface area (Å²) in [6.07, 6.45) is 1.43. The highest BCUT2D eigenvalue weighted by Gasteiger charge is 2.16. The molecule has 0 saturated carbocycles. The number of hydrogen-bond acceptors (Lipinski definition) is 6. The van der Waals surface area contributed by atoms with Crippen LogP contribution in [-0.2, 0) is 9.59 Å². The highest BCUT2D eigenvalue weighted by atomic mass is 79.9. The number of nitrogens with zero attached hydrogens (tertiary/aromatic N) is 1. The Morgan fingerprint density at radius 3 is 2.41 bits per heavy atom. The third-order valence-corrected chi connectivity index (χ3v) is 6.09. The van der Waals surface area contributed by atoms with E-state index in [1.807, 2.05) is 38.1 Å². The smallest absolute Gasteiger partial charge is 0.266 e. The van der Waals surface area contributed by atoms with E-state index >= 15 is 0 Å². The third-order valence-electron chi connectivity index (χ3n) is 5.50. The van der Waals surface area contributed by atoms with Gasteiger partial charge in [-0.2, -0.15) is 5.26 Å². The molecule has 0 spiro atoms. The lowest BCUT2D eigenvalue weighted by Gasteiger charge is -2.15. The lowest BCUT2D eigenvalue weighted by molar-refractivity contribution is -0.118. The summed E-state index contributed by atoms with van der Waals surface area (Å²) >= 11 is 3.43. The number of ether oxygens (including phenoxy) is 3. The van der Waals surface area contributed by atoms with Gasteiger partial charge in [0.1, 0.15) is 17.4 Å². The highest BCUT2D eigenvalue weighted by molar-refractivity contribution is 9.10. The fourth-order valence-electron chi connectivity index (χ4n) is 3.36. The largest absolute Gasteiger partial charge is 0.497 e. The second-order valence-electron chi connectivity index (χ2n) is 7.97. The van der Waals surface area contributed by atoms with Gasteiger partial charge in [0.15, 0.2) is 18.1 Å². The van der Waals surface area contributed by atoms with Crippen LogP contribution in [0.3, 0.4) is 0 Å². The highest BCUT2D eigenvalue weighted by Crippen LogP contribution is 2.37. The lowest BCUT2D eigenvalue weighted by atomic mass is 10.1. The van der Waals surface area contributed by atoms with Crippen LogP contribution >= 0.6 is 15.9 Å². The molecule has 8 nitrogen and oxygen atoms in total. The molecule has 3 aromatic carbocycles. The number of nitriles is 1. The van der Waals surface area contributed by atoms with Gasteiger partial charge in [0.2, 0.25) is 0 Å². The minimum atomic E-state index is -0.564. The zero-order valence-electron chi connectivity index (χ0n) is 20.8. The SMILES string of the molecule is COc1ccc(NC(=O)/C(C#N)=C\c2cc(Br)c(OCC(=O)Nc3cccc(C)c3C)c(OC)c2)cc1. The van der Waals surface area contributed by atoms with Gasteiger partial charge in [0, 0.05) is 11.4 Å². The summed E-state index contributed by atoms with van der Waals surface area (Å²) in [6, 6.07) is 17.6. The van der Waals surface area contributed by atoms with E-state index in [9.17, 15) is 14.9 Å². The van der Waals surface area contributed by atoms with E-state index in [-0.39, 0.29) is 18.1 Å². The Hall–Kier alpha value is -4.29. The van der Waals surface area contributed by atoms with Gasteiger partial charge < -0.3 is 24.8 Å². The molecule has 9 heteroatoms. The predicted molar refractivity (Wildman–Crippen MR) is 146 cm³/mol. The number of carbonyl (C=O) groups is 2. The Kier molecular flexibility index (Phi) is 9.30. The summed E-state index contributed by atoms with van der Waals surface area (Å²) in [5.41, 5.74) is 3.71. The summed E-state index contributed by atoms with van der Waals surface area (Å²) in [7, 11) is 3.01. The number of amides is 2. The number of hydrogen-bond donors (Lipinski definition) is 2. The number of benzene rings is 3. The monoisotopic (exact) mass is 563 g/mol. The number of rotatable bonds is 9. The van der Waals surface area contributed by atoms with E-state index in [0.717, 1.165) is 16.8 Å². The van der Waals surface area contributed by atoms with Gasteiger partial charge in [-0.3, -0.25) is 9.59 Å². The van der Waals surface area contributed by atoms with Crippen LogP contribution in [0, 0.1) is 25.2 Å². The molecule has 37 heavy (non-hydrogen) atoms. The van der Waals surface area contributed by atoms with Crippen LogP contribution in [0.5, 0.6) is 17.2 Å². The average Bonchev–Trinajstić information content (AvgIpc) is 2.89. The van der Waals surface area contributed by atoms with Crippen molar-refractivity contribution in [2.75, 3.05) is 31.5 Å². The molecule has 0 saturated heterocycles. The van der Waals surface area contributed by atoms with E-state index in [0.29, 0.717) is 33.0 Å². The maximum atomic E-state index is 12.6. The van der Waals surface area contributed by atoms with E-state index < -0.39 is 5.91 Å². The Labute approximate surface area is 224 Å². The standard InChI is InChI=1S/C28H26BrN3O5/c1-17-6-5-7-24(18(17)2)32-26(33)16-37-27-23(29)13-19(14-25(27)36-4)12-20(15-30)28(34)31-21-8-10-22(35-3)11-9-21/h5-14H,16H2,1-4H3,(H,31,34)(H,32,33)/b20-12-. The molecule has 3 rings (SSSR count). The van der Waals surface area contributed by atoms with Crippen molar-refractivity contribution in [2.24, 2.45) is 0 Å². The first-order valence-corrected chi connectivity index (χ1v) is 12.0. The van der Waals surface area contributed by atoms with Crippen LogP contribution in [-0.4, -0.2) is 32.6 Å². The summed E-state index contributed by atoms with van der Waals surface area (Å²) in [5.74, 6) is 0.404. The second kappa shape index (κ2) is 12.6. The summed E-state index contributed by atoms with van der Waals surface area (Å²) in [4.78, 5) is 25.1. The number of halogens is 1. The van der Waals surface area contributed by atoms with Crippen molar-refractivity contribution in [1.29, 1.82) is 5.26 Å². The van der Waals surface area contributed by atoms with Crippen molar-refractivity contribution in [3.8, 4) is 23.3 Å². The van der Waals surface area contributed by atoms with Crippen LogP contribution in [0.4, 0.5) is 11.4 Å².